The number of hydrogen-bond acceptors (Lipinski definition) is 6. The van der Waals surface area contributed by atoms with Crippen LogP contribution in [0.5, 0.6) is 5.75 Å². The molecule has 4 rings (SSSR count). The van der Waals surface area contributed by atoms with Crippen molar-refractivity contribution in [3.63, 3.8) is 0 Å². The first kappa shape index (κ1) is 24.0. The number of rotatable bonds is 11. The molecule has 35 heavy (non-hydrogen) atoms. The summed E-state index contributed by atoms with van der Waals surface area (Å²) in [6.07, 6.45) is 3.17. The summed E-state index contributed by atoms with van der Waals surface area (Å²) in [5.74, 6) is 0.706. The Balaban J connectivity index is 1.66. The maximum absolute atomic E-state index is 13.7. The normalized spacial score (nSPS) is 11.8. The molecule has 0 aliphatic carbocycles. The van der Waals surface area contributed by atoms with Crippen molar-refractivity contribution < 1.29 is 18.7 Å². The Labute approximate surface area is 203 Å². The largest absolute Gasteiger partial charge is 0.497 e. The van der Waals surface area contributed by atoms with E-state index in [0.29, 0.717) is 29.1 Å². The van der Waals surface area contributed by atoms with Crippen LogP contribution in [-0.4, -0.2) is 45.4 Å². The number of methoxy groups -OCH3 is 1. The van der Waals surface area contributed by atoms with Gasteiger partial charge in [-0.15, -0.1) is 5.10 Å². The molecule has 0 aliphatic heterocycles. The molecule has 2 heterocycles. The van der Waals surface area contributed by atoms with Gasteiger partial charge in [-0.1, -0.05) is 42.8 Å². The third kappa shape index (κ3) is 5.68. The molecule has 2 amide bonds. The van der Waals surface area contributed by atoms with Crippen LogP contribution >= 0.6 is 0 Å². The number of para-hydroxylation sites is 1. The zero-order valence-corrected chi connectivity index (χ0v) is 19.9. The molecule has 0 unspecified atom stereocenters. The Morgan fingerprint density at radius 1 is 1.14 bits per heavy atom. The monoisotopic (exact) mass is 475 g/mol. The van der Waals surface area contributed by atoms with E-state index in [1.807, 2.05) is 43.3 Å². The van der Waals surface area contributed by atoms with E-state index in [1.54, 1.807) is 47.2 Å². The number of hydrogen-bond donors (Lipinski definition) is 1. The first-order chi connectivity index (χ1) is 17.1. The molecule has 0 fully saturated rings. The van der Waals surface area contributed by atoms with Crippen LogP contribution in [0.3, 0.4) is 0 Å². The Hall–Kier alpha value is -4.14. The van der Waals surface area contributed by atoms with Crippen LogP contribution in [0.25, 0.3) is 11.0 Å². The molecule has 2 aromatic heterocycles. The van der Waals surface area contributed by atoms with E-state index in [2.05, 4.69) is 15.6 Å². The lowest BCUT2D eigenvalue weighted by molar-refractivity contribution is -0.141. The van der Waals surface area contributed by atoms with Gasteiger partial charge >= 0.3 is 0 Å². The fourth-order valence-corrected chi connectivity index (χ4v) is 3.95. The lowest BCUT2D eigenvalue weighted by atomic mass is 10.0. The Morgan fingerprint density at radius 2 is 2.00 bits per heavy atom. The van der Waals surface area contributed by atoms with Gasteiger partial charge in [0.25, 0.3) is 0 Å². The number of carbonyl (C=O) groups is 2. The molecule has 1 N–H and O–H groups in total. The van der Waals surface area contributed by atoms with Gasteiger partial charge in [0, 0.05) is 6.54 Å². The first-order valence-corrected chi connectivity index (χ1v) is 11.6. The minimum absolute atomic E-state index is 0.0316. The van der Waals surface area contributed by atoms with Gasteiger partial charge in [-0.25, -0.2) is 4.68 Å². The molecule has 4 aromatic rings. The fraction of sp³-hybridized carbons (Fsp3) is 0.308. The van der Waals surface area contributed by atoms with E-state index in [0.717, 1.165) is 18.4 Å². The third-order valence-corrected chi connectivity index (χ3v) is 5.76. The Kier molecular flexibility index (Phi) is 7.77. The summed E-state index contributed by atoms with van der Waals surface area (Å²) < 4.78 is 12.3. The van der Waals surface area contributed by atoms with Crippen molar-refractivity contribution in [3.8, 4) is 5.75 Å². The number of carbonyl (C=O) groups excluding carboxylic acids is 2. The molecule has 182 valence electrons. The van der Waals surface area contributed by atoms with Crippen LogP contribution < -0.4 is 10.1 Å². The molecule has 0 aliphatic rings. The van der Waals surface area contributed by atoms with Crippen LogP contribution in [0.2, 0.25) is 0 Å². The van der Waals surface area contributed by atoms with Crippen molar-refractivity contribution in [2.45, 2.75) is 38.9 Å². The van der Waals surface area contributed by atoms with Gasteiger partial charge in [-0.3, -0.25) is 9.59 Å². The van der Waals surface area contributed by atoms with Gasteiger partial charge in [-0.2, -0.15) is 0 Å². The molecule has 0 saturated heterocycles. The van der Waals surface area contributed by atoms with E-state index in [1.165, 1.54) is 0 Å². The second-order valence-corrected chi connectivity index (χ2v) is 8.15. The molecule has 0 spiro atoms. The van der Waals surface area contributed by atoms with Crippen LogP contribution in [-0.2, 0) is 22.7 Å². The number of unbranched alkanes of at least 4 members (excludes halogenated alkanes) is 1. The van der Waals surface area contributed by atoms with Crippen molar-refractivity contribution in [1.82, 2.24) is 25.2 Å². The summed E-state index contributed by atoms with van der Waals surface area (Å²) >= 11 is 0. The van der Waals surface area contributed by atoms with E-state index >= 15 is 0 Å². The zero-order chi connectivity index (χ0) is 24.6. The molecule has 9 nitrogen and oxygen atoms in total. The standard InChI is InChI=1S/C26H29N5O4/c1-3-4-14-30(24(32)18-31-23-13-6-5-12-22(23)28-29-31)25(19-9-7-10-20(16-19)34-2)26(33)27-17-21-11-8-15-35-21/h5-13,15-16,25H,3-4,14,17-18H2,1-2H3,(H,27,33)/t25-/m1/s1. The molecule has 0 bridgehead atoms. The number of aromatic nitrogens is 3. The van der Waals surface area contributed by atoms with Crippen molar-refractivity contribution in [1.29, 1.82) is 0 Å². The highest BCUT2D eigenvalue weighted by Crippen LogP contribution is 2.26. The topological polar surface area (TPSA) is 102 Å². The maximum Gasteiger partial charge on any atom is 0.247 e. The highest BCUT2D eigenvalue weighted by molar-refractivity contribution is 5.89. The van der Waals surface area contributed by atoms with E-state index < -0.39 is 6.04 Å². The zero-order valence-electron chi connectivity index (χ0n) is 19.9. The second-order valence-electron chi connectivity index (χ2n) is 8.15. The predicted molar refractivity (Wildman–Crippen MR) is 130 cm³/mol. The smallest absolute Gasteiger partial charge is 0.247 e. The summed E-state index contributed by atoms with van der Waals surface area (Å²) in [4.78, 5) is 28.8. The number of ether oxygens (including phenoxy) is 1. The van der Waals surface area contributed by atoms with Gasteiger partial charge in [0.05, 0.1) is 25.4 Å². The number of nitrogens with one attached hydrogen (secondary N) is 1. The minimum Gasteiger partial charge on any atom is -0.497 e. The fourth-order valence-electron chi connectivity index (χ4n) is 3.95. The summed E-state index contributed by atoms with van der Waals surface area (Å²) in [5, 5.41) is 11.2. The third-order valence-electron chi connectivity index (χ3n) is 5.76. The quantitative estimate of drug-likeness (QED) is 0.355. The van der Waals surface area contributed by atoms with Crippen molar-refractivity contribution in [2.24, 2.45) is 0 Å². The minimum atomic E-state index is -0.853. The van der Waals surface area contributed by atoms with E-state index in [9.17, 15) is 9.59 Å². The number of amides is 2. The van der Waals surface area contributed by atoms with Crippen molar-refractivity contribution in [2.75, 3.05) is 13.7 Å². The molecular formula is C26H29N5O4. The second kappa shape index (κ2) is 11.3. The SMILES string of the molecule is CCCCN(C(=O)Cn1nnc2ccccc21)[C@@H](C(=O)NCc1ccco1)c1cccc(OC)c1. The van der Waals surface area contributed by atoms with Gasteiger partial charge in [0.2, 0.25) is 11.8 Å². The highest BCUT2D eigenvalue weighted by atomic mass is 16.5. The summed E-state index contributed by atoms with van der Waals surface area (Å²) in [7, 11) is 1.57. The van der Waals surface area contributed by atoms with Crippen molar-refractivity contribution in [3.05, 3.63) is 78.3 Å². The molecule has 2 aromatic carbocycles. The lowest BCUT2D eigenvalue weighted by Gasteiger charge is -2.31. The Bertz CT molecular complexity index is 1270. The average Bonchev–Trinajstić information content (AvgIpc) is 3.55. The maximum atomic E-state index is 13.7. The molecule has 0 radical (unpaired) electrons. The van der Waals surface area contributed by atoms with E-state index in [4.69, 9.17) is 9.15 Å². The summed E-state index contributed by atoms with van der Waals surface area (Å²) in [6, 6.07) is 17.4. The van der Waals surface area contributed by atoms with Crippen LogP contribution in [0.15, 0.2) is 71.3 Å². The molecule has 0 saturated carbocycles. The van der Waals surface area contributed by atoms with Gasteiger partial charge in [0.15, 0.2) is 0 Å². The summed E-state index contributed by atoms with van der Waals surface area (Å²) in [5.41, 5.74) is 2.13. The van der Waals surface area contributed by atoms with Crippen LogP contribution in [0, 0.1) is 0 Å². The Morgan fingerprint density at radius 3 is 2.77 bits per heavy atom. The van der Waals surface area contributed by atoms with E-state index in [-0.39, 0.29) is 24.9 Å². The predicted octanol–water partition coefficient (Wildman–Crippen LogP) is 3.72. The number of benzene rings is 2. The molecule has 9 heteroatoms. The van der Waals surface area contributed by atoms with Crippen LogP contribution in [0.1, 0.15) is 37.1 Å². The van der Waals surface area contributed by atoms with Crippen molar-refractivity contribution >= 4 is 22.8 Å². The highest BCUT2D eigenvalue weighted by Gasteiger charge is 2.32. The molecular weight excluding hydrogens is 446 g/mol. The number of furan rings is 1. The first-order valence-electron chi connectivity index (χ1n) is 11.6. The summed E-state index contributed by atoms with van der Waals surface area (Å²) in [6.45, 7) is 2.65. The lowest BCUT2D eigenvalue weighted by Crippen LogP contribution is -2.45. The van der Waals surface area contributed by atoms with Gasteiger partial charge in [0.1, 0.15) is 29.6 Å². The van der Waals surface area contributed by atoms with Gasteiger partial charge < -0.3 is 19.4 Å². The number of fused-ring (bicyclic) bond motifs is 1. The number of nitrogens with zero attached hydrogens (tertiary/aromatic N) is 4. The average molecular weight is 476 g/mol. The molecule has 1 atom stereocenters. The van der Waals surface area contributed by atoms with Gasteiger partial charge in [-0.05, 0) is 48.4 Å². The van der Waals surface area contributed by atoms with Crippen LogP contribution in [0.4, 0.5) is 0 Å².